The van der Waals surface area contributed by atoms with Gasteiger partial charge in [0.15, 0.2) is 0 Å². The van der Waals surface area contributed by atoms with Crippen LogP contribution in [-0.2, 0) is 11.3 Å². The number of nitrogens with zero attached hydrogens (tertiary/aromatic N) is 3. The lowest BCUT2D eigenvalue weighted by Gasteiger charge is -2.31. The van der Waals surface area contributed by atoms with Crippen LogP contribution in [0.15, 0.2) is 6.20 Å². The van der Waals surface area contributed by atoms with Crippen LogP contribution in [0.4, 0.5) is 0 Å². The van der Waals surface area contributed by atoms with Crippen molar-refractivity contribution in [3.8, 4) is 0 Å². The molecule has 3 heterocycles. The van der Waals surface area contributed by atoms with Crippen molar-refractivity contribution in [2.24, 2.45) is 5.92 Å². The molecule has 3 fully saturated rings. The van der Waals surface area contributed by atoms with E-state index in [4.69, 9.17) is 4.74 Å². The Bertz CT molecular complexity index is 522. The summed E-state index contributed by atoms with van der Waals surface area (Å²) in [4.78, 5) is 0. The van der Waals surface area contributed by atoms with Crippen LogP contribution in [0.25, 0.3) is 0 Å². The second kappa shape index (κ2) is 4.76. The number of ether oxygens (including phenoxy) is 1. The molecule has 1 aromatic heterocycles. The number of fused-ring (bicyclic) bond motifs is 1. The molecule has 0 spiro atoms. The first kappa shape index (κ1) is 13.7. The topological polar surface area (TPSA) is 64.0 Å². The summed E-state index contributed by atoms with van der Waals surface area (Å²) in [5.41, 5.74) is 1.28. The Labute approximate surface area is 125 Å². The summed E-state index contributed by atoms with van der Waals surface area (Å²) >= 11 is 0. The van der Waals surface area contributed by atoms with Crippen molar-refractivity contribution >= 4 is 0 Å². The standard InChI is InChI=1S/C15H25N5O/c1-14(2)15(6-11(15)10-21-14)17-8-13-9-18-19-20(13)12-4-3-5-16-7-12/h9,11-12,16-17H,3-8,10H2,1-2H3. The Morgan fingerprint density at radius 3 is 3.10 bits per heavy atom. The van der Waals surface area contributed by atoms with Crippen molar-refractivity contribution in [2.45, 2.75) is 56.8 Å². The van der Waals surface area contributed by atoms with Gasteiger partial charge in [-0.2, -0.15) is 0 Å². The number of hydrogen-bond acceptors (Lipinski definition) is 5. The molecule has 1 aromatic rings. The molecule has 0 amide bonds. The van der Waals surface area contributed by atoms with Gasteiger partial charge in [0, 0.05) is 19.0 Å². The van der Waals surface area contributed by atoms with Gasteiger partial charge in [0.05, 0.1) is 35.7 Å². The largest absolute Gasteiger partial charge is 0.373 e. The molecule has 1 saturated carbocycles. The average Bonchev–Trinajstić information content (AvgIpc) is 2.92. The zero-order valence-electron chi connectivity index (χ0n) is 12.9. The van der Waals surface area contributed by atoms with E-state index in [2.05, 4.69) is 39.5 Å². The lowest BCUT2D eigenvalue weighted by Crippen LogP contribution is -2.48. The maximum Gasteiger partial charge on any atom is 0.0811 e. The van der Waals surface area contributed by atoms with Gasteiger partial charge >= 0.3 is 0 Å². The maximum atomic E-state index is 5.91. The average molecular weight is 291 g/mol. The van der Waals surface area contributed by atoms with Crippen molar-refractivity contribution in [2.75, 3.05) is 19.7 Å². The number of rotatable bonds is 4. The summed E-state index contributed by atoms with van der Waals surface area (Å²) in [6.07, 6.45) is 5.53. The van der Waals surface area contributed by atoms with Gasteiger partial charge in [-0.05, 0) is 39.7 Å². The molecule has 21 heavy (non-hydrogen) atoms. The Morgan fingerprint density at radius 1 is 1.52 bits per heavy atom. The Balaban J connectivity index is 1.45. The SMILES string of the molecule is CC1(C)OCC2CC21NCc1cnnn1C1CCCNC1. The zero-order valence-corrected chi connectivity index (χ0v) is 12.9. The normalized spacial score (nSPS) is 37.4. The van der Waals surface area contributed by atoms with Gasteiger partial charge in [-0.15, -0.1) is 5.10 Å². The van der Waals surface area contributed by atoms with Crippen LogP contribution in [0.5, 0.6) is 0 Å². The Hall–Kier alpha value is -0.980. The minimum Gasteiger partial charge on any atom is -0.373 e. The maximum absolute atomic E-state index is 5.91. The molecule has 116 valence electrons. The second-order valence-corrected chi connectivity index (χ2v) is 7.22. The number of nitrogens with one attached hydrogen (secondary N) is 2. The highest BCUT2D eigenvalue weighted by Gasteiger charge is 2.68. The van der Waals surface area contributed by atoms with Crippen LogP contribution in [0.1, 0.15) is 44.8 Å². The highest BCUT2D eigenvalue weighted by atomic mass is 16.5. The van der Waals surface area contributed by atoms with Crippen LogP contribution in [0.2, 0.25) is 0 Å². The summed E-state index contributed by atoms with van der Waals surface area (Å²) in [5.74, 6) is 0.674. The third-order valence-corrected chi connectivity index (χ3v) is 5.68. The Kier molecular flexibility index (Phi) is 3.10. The zero-order chi connectivity index (χ0) is 14.5. The smallest absolute Gasteiger partial charge is 0.0811 e. The van der Waals surface area contributed by atoms with E-state index in [9.17, 15) is 0 Å². The number of aromatic nitrogens is 3. The molecule has 4 rings (SSSR count). The number of piperidine rings is 1. The quantitative estimate of drug-likeness (QED) is 0.861. The summed E-state index contributed by atoms with van der Waals surface area (Å²) in [5, 5.41) is 15.6. The van der Waals surface area contributed by atoms with Crippen molar-refractivity contribution in [1.82, 2.24) is 25.6 Å². The van der Waals surface area contributed by atoms with Gasteiger partial charge in [0.25, 0.3) is 0 Å². The molecule has 1 aliphatic carbocycles. The molecule has 6 nitrogen and oxygen atoms in total. The van der Waals surface area contributed by atoms with Crippen LogP contribution in [0.3, 0.4) is 0 Å². The molecule has 3 unspecified atom stereocenters. The molecule has 2 N–H and O–H groups in total. The highest BCUT2D eigenvalue weighted by Crippen LogP contribution is 2.57. The van der Waals surface area contributed by atoms with E-state index < -0.39 is 0 Å². The lowest BCUT2D eigenvalue weighted by molar-refractivity contribution is -0.0101. The minimum atomic E-state index is -0.0671. The van der Waals surface area contributed by atoms with Crippen molar-refractivity contribution in [3.63, 3.8) is 0 Å². The number of hydrogen-bond donors (Lipinski definition) is 2. The monoisotopic (exact) mass is 291 g/mol. The van der Waals surface area contributed by atoms with Crippen molar-refractivity contribution in [1.29, 1.82) is 0 Å². The van der Waals surface area contributed by atoms with Crippen LogP contribution < -0.4 is 10.6 Å². The van der Waals surface area contributed by atoms with E-state index in [-0.39, 0.29) is 11.1 Å². The molecule has 0 bridgehead atoms. The van der Waals surface area contributed by atoms with Gasteiger partial charge in [-0.1, -0.05) is 5.21 Å². The molecule has 0 aromatic carbocycles. The second-order valence-electron chi connectivity index (χ2n) is 7.22. The van der Waals surface area contributed by atoms with E-state index in [1.807, 2.05) is 6.20 Å². The molecular formula is C15H25N5O. The highest BCUT2D eigenvalue weighted by molar-refractivity contribution is 5.23. The summed E-state index contributed by atoms with van der Waals surface area (Å²) in [6.45, 7) is 8.24. The van der Waals surface area contributed by atoms with E-state index in [1.54, 1.807) is 0 Å². The first-order valence-corrected chi connectivity index (χ1v) is 8.11. The first-order valence-electron chi connectivity index (χ1n) is 8.11. The molecule has 6 heteroatoms. The van der Waals surface area contributed by atoms with Gasteiger partial charge in [-0.3, -0.25) is 0 Å². The third kappa shape index (κ3) is 2.12. The molecule has 0 radical (unpaired) electrons. The molecule has 3 atom stereocenters. The first-order chi connectivity index (χ1) is 10.1. The van der Waals surface area contributed by atoms with Crippen LogP contribution >= 0.6 is 0 Å². The summed E-state index contributed by atoms with van der Waals surface area (Å²) < 4.78 is 8.02. The minimum absolute atomic E-state index is 0.0671. The van der Waals surface area contributed by atoms with Crippen LogP contribution in [0, 0.1) is 5.92 Å². The third-order valence-electron chi connectivity index (χ3n) is 5.68. The Morgan fingerprint density at radius 2 is 2.43 bits per heavy atom. The molecule has 2 aliphatic heterocycles. The molecule has 3 aliphatic rings. The summed E-state index contributed by atoms with van der Waals surface area (Å²) in [6, 6.07) is 0.443. The van der Waals surface area contributed by atoms with E-state index in [1.165, 1.54) is 25.0 Å². The van der Waals surface area contributed by atoms with E-state index >= 15 is 0 Å². The fraction of sp³-hybridized carbons (Fsp3) is 0.867. The van der Waals surface area contributed by atoms with Gasteiger partial charge in [0.1, 0.15) is 0 Å². The van der Waals surface area contributed by atoms with Crippen molar-refractivity contribution < 1.29 is 4.74 Å². The predicted octanol–water partition coefficient (Wildman–Crippen LogP) is 0.860. The van der Waals surface area contributed by atoms with Gasteiger partial charge < -0.3 is 15.4 Å². The van der Waals surface area contributed by atoms with Gasteiger partial charge in [-0.25, -0.2) is 4.68 Å². The summed E-state index contributed by atoms with van der Waals surface area (Å²) in [7, 11) is 0. The fourth-order valence-corrected chi connectivity index (χ4v) is 4.12. The lowest BCUT2D eigenvalue weighted by atomic mass is 9.95. The van der Waals surface area contributed by atoms with Crippen LogP contribution in [-0.4, -0.2) is 45.8 Å². The predicted molar refractivity (Wildman–Crippen MR) is 78.9 cm³/mol. The van der Waals surface area contributed by atoms with E-state index in [0.29, 0.717) is 12.0 Å². The molecule has 2 saturated heterocycles. The molecular weight excluding hydrogens is 266 g/mol. The van der Waals surface area contributed by atoms with Crippen molar-refractivity contribution in [3.05, 3.63) is 11.9 Å². The van der Waals surface area contributed by atoms with Gasteiger partial charge in [0.2, 0.25) is 0 Å². The van der Waals surface area contributed by atoms with E-state index in [0.717, 1.165) is 26.2 Å². The fourth-order valence-electron chi connectivity index (χ4n) is 4.12.